The number of ether oxygens (including phenoxy) is 1. The quantitative estimate of drug-likeness (QED) is 0.515. The molecule has 0 aliphatic heterocycles. The first kappa shape index (κ1) is 16.8. The molecule has 1 aromatic carbocycles. The number of carbonyl (C=O) groups is 1. The van der Waals surface area contributed by atoms with Gasteiger partial charge in [-0.05, 0) is 24.1 Å². The van der Waals surface area contributed by atoms with Gasteiger partial charge in [0.25, 0.3) is 0 Å². The van der Waals surface area contributed by atoms with E-state index in [1.54, 1.807) is 14.2 Å². The third-order valence-electron chi connectivity index (χ3n) is 2.83. The summed E-state index contributed by atoms with van der Waals surface area (Å²) in [6.07, 6.45) is 0.927. The standard InChI is InChI=1S/C15H24N4O2/c1-4-9-17-14(20)11-19-15(16-2)18-10-12-5-7-13(21-3)8-6-12/h5-8H,4,9-11H2,1-3H3,(H,17,20)(H2,16,18,19). The van der Waals surface area contributed by atoms with Crippen molar-refractivity contribution in [1.82, 2.24) is 16.0 Å². The van der Waals surface area contributed by atoms with Gasteiger partial charge in [-0.1, -0.05) is 19.1 Å². The van der Waals surface area contributed by atoms with E-state index in [0.29, 0.717) is 19.0 Å². The molecule has 6 heteroatoms. The van der Waals surface area contributed by atoms with Crippen molar-refractivity contribution in [2.75, 3.05) is 27.2 Å². The maximum Gasteiger partial charge on any atom is 0.239 e. The topological polar surface area (TPSA) is 74.8 Å². The molecular weight excluding hydrogens is 268 g/mol. The number of amides is 1. The number of aliphatic imine (C=N–C) groups is 1. The molecule has 0 atom stereocenters. The molecule has 0 aliphatic carbocycles. The molecule has 0 spiro atoms. The van der Waals surface area contributed by atoms with Crippen LogP contribution < -0.4 is 20.7 Å². The third-order valence-corrected chi connectivity index (χ3v) is 2.83. The van der Waals surface area contributed by atoms with Crippen molar-refractivity contribution in [3.05, 3.63) is 29.8 Å². The average molecular weight is 292 g/mol. The molecule has 0 saturated heterocycles. The van der Waals surface area contributed by atoms with E-state index in [4.69, 9.17) is 4.74 Å². The molecule has 1 aromatic rings. The van der Waals surface area contributed by atoms with Crippen molar-refractivity contribution >= 4 is 11.9 Å². The smallest absolute Gasteiger partial charge is 0.239 e. The zero-order chi connectivity index (χ0) is 15.5. The van der Waals surface area contributed by atoms with Gasteiger partial charge in [0, 0.05) is 20.1 Å². The van der Waals surface area contributed by atoms with Crippen LogP contribution in [0, 0.1) is 0 Å². The van der Waals surface area contributed by atoms with Crippen LogP contribution in [0.4, 0.5) is 0 Å². The highest BCUT2D eigenvalue weighted by molar-refractivity contribution is 5.86. The molecule has 0 radical (unpaired) electrons. The maximum atomic E-state index is 11.5. The van der Waals surface area contributed by atoms with Crippen LogP contribution >= 0.6 is 0 Å². The van der Waals surface area contributed by atoms with Gasteiger partial charge in [0.1, 0.15) is 5.75 Å². The second-order valence-corrected chi connectivity index (χ2v) is 4.48. The number of benzene rings is 1. The van der Waals surface area contributed by atoms with Gasteiger partial charge >= 0.3 is 0 Å². The molecule has 0 aliphatic rings. The van der Waals surface area contributed by atoms with Crippen LogP contribution in [0.3, 0.4) is 0 Å². The molecule has 3 N–H and O–H groups in total. The molecule has 0 unspecified atom stereocenters. The van der Waals surface area contributed by atoms with Gasteiger partial charge in [-0.15, -0.1) is 0 Å². The van der Waals surface area contributed by atoms with E-state index in [1.165, 1.54) is 0 Å². The monoisotopic (exact) mass is 292 g/mol. The second-order valence-electron chi connectivity index (χ2n) is 4.48. The van der Waals surface area contributed by atoms with Gasteiger partial charge in [0.05, 0.1) is 13.7 Å². The first-order chi connectivity index (χ1) is 10.2. The highest BCUT2D eigenvalue weighted by Crippen LogP contribution is 2.10. The van der Waals surface area contributed by atoms with Crippen LogP contribution in [0.2, 0.25) is 0 Å². The zero-order valence-electron chi connectivity index (χ0n) is 12.9. The molecule has 1 rings (SSSR count). The minimum atomic E-state index is -0.0377. The number of nitrogens with zero attached hydrogens (tertiary/aromatic N) is 1. The molecule has 21 heavy (non-hydrogen) atoms. The fourth-order valence-corrected chi connectivity index (χ4v) is 1.64. The number of carbonyl (C=O) groups excluding carboxylic acids is 1. The van der Waals surface area contributed by atoms with Gasteiger partial charge in [0.2, 0.25) is 5.91 Å². The Morgan fingerprint density at radius 2 is 1.90 bits per heavy atom. The number of hydrogen-bond donors (Lipinski definition) is 3. The molecule has 0 bridgehead atoms. The van der Waals surface area contributed by atoms with Crippen molar-refractivity contribution in [2.24, 2.45) is 4.99 Å². The Bertz CT molecular complexity index is 457. The van der Waals surface area contributed by atoms with E-state index >= 15 is 0 Å². The molecule has 116 valence electrons. The number of nitrogens with one attached hydrogen (secondary N) is 3. The Morgan fingerprint density at radius 3 is 2.48 bits per heavy atom. The largest absolute Gasteiger partial charge is 0.497 e. The predicted molar refractivity (Wildman–Crippen MR) is 84.5 cm³/mol. The summed E-state index contributed by atoms with van der Waals surface area (Å²) in [4.78, 5) is 15.6. The molecular formula is C15H24N4O2. The third kappa shape index (κ3) is 6.65. The van der Waals surface area contributed by atoms with Gasteiger partial charge in [-0.25, -0.2) is 0 Å². The van der Waals surface area contributed by atoms with Crippen molar-refractivity contribution in [1.29, 1.82) is 0 Å². The zero-order valence-corrected chi connectivity index (χ0v) is 12.9. The van der Waals surface area contributed by atoms with E-state index in [1.807, 2.05) is 31.2 Å². The molecule has 0 fully saturated rings. The van der Waals surface area contributed by atoms with Gasteiger partial charge < -0.3 is 20.7 Å². The van der Waals surface area contributed by atoms with Crippen LogP contribution in [0.5, 0.6) is 5.75 Å². The van der Waals surface area contributed by atoms with Crippen LogP contribution in [-0.2, 0) is 11.3 Å². The summed E-state index contributed by atoms with van der Waals surface area (Å²) in [5, 5.41) is 8.93. The Labute approximate surface area is 126 Å². The lowest BCUT2D eigenvalue weighted by Crippen LogP contribution is -2.43. The summed E-state index contributed by atoms with van der Waals surface area (Å²) in [5.41, 5.74) is 1.11. The van der Waals surface area contributed by atoms with Crippen molar-refractivity contribution in [3.63, 3.8) is 0 Å². The number of rotatable bonds is 7. The first-order valence-corrected chi connectivity index (χ1v) is 7.03. The lowest BCUT2D eigenvalue weighted by Gasteiger charge is -2.12. The van der Waals surface area contributed by atoms with E-state index in [9.17, 15) is 4.79 Å². The molecule has 0 aromatic heterocycles. The fourth-order valence-electron chi connectivity index (χ4n) is 1.64. The fraction of sp³-hybridized carbons (Fsp3) is 0.467. The highest BCUT2D eigenvalue weighted by Gasteiger charge is 2.02. The summed E-state index contributed by atoms with van der Waals surface area (Å²) in [6.45, 7) is 3.55. The lowest BCUT2D eigenvalue weighted by molar-refractivity contribution is -0.120. The van der Waals surface area contributed by atoms with Crippen molar-refractivity contribution < 1.29 is 9.53 Å². The molecule has 1 amide bonds. The Kier molecular flexibility index (Phi) is 7.71. The first-order valence-electron chi connectivity index (χ1n) is 7.03. The molecule has 0 saturated carbocycles. The van der Waals surface area contributed by atoms with E-state index in [-0.39, 0.29) is 12.5 Å². The average Bonchev–Trinajstić information content (AvgIpc) is 2.53. The summed E-state index contributed by atoms with van der Waals surface area (Å²) < 4.78 is 5.11. The van der Waals surface area contributed by atoms with Gasteiger partial charge in [0.15, 0.2) is 5.96 Å². The molecule has 0 heterocycles. The SMILES string of the molecule is CCCNC(=O)CNC(=NC)NCc1ccc(OC)cc1. The van der Waals surface area contributed by atoms with E-state index in [0.717, 1.165) is 17.7 Å². The number of methoxy groups -OCH3 is 1. The summed E-state index contributed by atoms with van der Waals surface area (Å²) in [7, 11) is 3.32. The summed E-state index contributed by atoms with van der Waals surface area (Å²) in [5.74, 6) is 1.38. The van der Waals surface area contributed by atoms with E-state index in [2.05, 4.69) is 20.9 Å². The molecule has 6 nitrogen and oxygen atoms in total. The maximum absolute atomic E-state index is 11.5. The van der Waals surface area contributed by atoms with Gasteiger partial charge in [-0.3, -0.25) is 9.79 Å². The summed E-state index contributed by atoms with van der Waals surface area (Å²) >= 11 is 0. The van der Waals surface area contributed by atoms with Crippen LogP contribution in [0.25, 0.3) is 0 Å². The van der Waals surface area contributed by atoms with Crippen LogP contribution in [0.1, 0.15) is 18.9 Å². The second kappa shape index (κ2) is 9.63. The predicted octanol–water partition coefficient (Wildman–Crippen LogP) is 0.886. The van der Waals surface area contributed by atoms with Crippen LogP contribution in [-0.4, -0.2) is 39.1 Å². The number of hydrogen-bond acceptors (Lipinski definition) is 3. The van der Waals surface area contributed by atoms with Crippen LogP contribution in [0.15, 0.2) is 29.3 Å². The van der Waals surface area contributed by atoms with Crippen molar-refractivity contribution in [2.45, 2.75) is 19.9 Å². The lowest BCUT2D eigenvalue weighted by atomic mass is 10.2. The highest BCUT2D eigenvalue weighted by atomic mass is 16.5. The van der Waals surface area contributed by atoms with Gasteiger partial charge in [-0.2, -0.15) is 0 Å². The Hall–Kier alpha value is -2.24. The minimum absolute atomic E-state index is 0.0377. The number of guanidine groups is 1. The summed E-state index contributed by atoms with van der Waals surface area (Å²) in [6, 6.07) is 7.77. The Balaban J connectivity index is 2.35. The normalized spacial score (nSPS) is 10.9. The van der Waals surface area contributed by atoms with E-state index < -0.39 is 0 Å². The van der Waals surface area contributed by atoms with Crippen molar-refractivity contribution in [3.8, 4) is 5.75 Å². The minimum Gasteiger partial charge on any atom is -0.497 e. The Morgan fingerprint density at radius 1 is 1.19 bits per heavy atom.